The van der Waals surface area contributed by atoms with Crippen LogP contribution in [0.3, 0.4) is 0 Å². The second kappa shape index (κ2) is 6.10. The zero-order chi connectivity index (χ0) is 12.1. The molecule has 0 bridgehead atoms. The van der Waals surface area contributed by atoms with E-state index in [1.165, 1.54) is 4.90 Å². The summed E-state index contributed by atoms with van der Waals surface area (Å²) >= 11 is 1.63. The van der Waals surface area contributed by atoms with Crippen molar-refractivity contribution in [2.24, 2.45) is 5.73 Å². The lowest BCUT2D eigenvalue weighted by Crippen LogP contribution is -2.48. The van der Waals surface area contributed by atoms with E-state index >= 15 is 0 Å². The van der Waals surface area contributed by atoms with E-state index in [9.17, 15) is 9.59 Å². The molecule has 1 fully saturated rings. The van der Waals surface area contributed by atoms with Crippen molar-refractivity contribution in [3.8, 4) is 0 Å². The standard InChI is InChI=1S/C10H18N2O3S/c1-16-6-4-7(11)9(13)12-5-2-3-8(12)10(14)15/h7-8H,2-6,11H2,1H3,(H,14,15)/t7-,8?/m0/s1. The van der Waals surface area contributed by atoms with Gasteiger partial charge in [0.1, 0.15) is 6.04 Å². The number of likely N-dealkylation sites (tertiary alicyclic amines) is 1. The summed E-state index contributed by atoms with van der Waals surface area (Å²) in [5.74, 6) is -0.333. The van der Waals surface area contributed by atoms with Crippen LogP contribution in [-0.4, -0.2) is 52.5 Å². The van der Waals surface area contributed by atoms with E-state index in [0.29, 0.717) is 19.4 Å². The summed E-state index contributed by atoms with van der Waals surface area (Å²) in [4.78, 5) is 24.2. The molecular weight excluding hydrogens is 228 g/mol. The van der Waals surface area contributed by atoms with Crippen LogP contribution in [0.1, 0.15) is 19.3 Å². The zero-order valence-electron chi connectivity index (χ0n) is 9.39. The molecule has 1 heterocycles. The lowest BCUT2D eigenvalue weighted by Gasteiger charge is -2.24. The van der Waals surface area contributed by atoms with Crippen LogP contribution in [0.15, 0.2) is 0 Å². The van der Waals surface area contributed by atoms with Crippen LogP contribution >= 0.6 is 11.8 Å². The van der Waals surface area contributed by atoms with E-state index in [-0.39, 0.29) is 5.91 Å². The molecule has 0 aromatic heterocycles. The second-order valence-electron chi connectivity index (χ2n) is 3.92. The van der Waals surface area contributed by atoms with Gasteiger partial charge in [-0.2, -0.15) is 11.8 Å². The third-order valence-electron chi connectivity index (χ3n) is 2.77. The van der Waals surface area contributed by atoms with Crippen LogP contribution in [0.5, 0.6) is 0 Å². The molecule has 0 radical (unpaired) electrons. The quantitative estimate of drug-likeness (QED) is 0.721. The van der Waals surface area contributed by atoms with Crippen LogP contribution < -0.4 is 5.73 Å². The fourth-order valence-corrected chi connectivity index (χ4v) is 2.36. The van der Waals surface area contributed by atoms with Crippen LogP contribution in [0.25, 0.3) is 0 Å². The second-order valence-corrected chi connectivity index (χ2v) is 4.90. The summed E-state index contributed by atoms with van der Waals surface area (Å²) in [5.41, 5.74) is 5.75. The van der Waals surface area contributed by atoms with Crippen molar-refractivity contribution in [1.29, 1.82) is 0 Å². The number of nitrogens with two attached hydrogens (primary N) is 1. The predicted molar refractivity (Wildman–Crippen MR) is 63.3 cm³/mol. The Labute approximate surface area is 99.4 Å². The molecule has 1 rings (SSSR count). The first-order valence-corrected chi connectivity index (χ1v) is 6.75. The molecule has 0 aromatic rings. The number of thioether (sulfide) groups is 1. The van der Waals surface area contributed by atoms with Crippen molar-refractivity contribution in [3.05, 3.63) is 0 Å². The van der Waals surface area contributed by atoms with Crippen LogP contribution in [0.2, 0.25) is 0 Å². The molecule has 0 spiro atoms. The summed E-state index contributed by atoms with van der Waals surface area (Å²) in [6, 6.07) is -1.24. The van der Waals surface area contributed by atoms with Crippen LogP contribution in [0.4, 0.5) is 0 Å². The Balaban J connectivity index is 2.55. The number of aliphatic carboxylic acids is 1. The number of carboxylic acid groups (broad SMARTS) is 1. The van der Waals surface area contributed by atoms with Crippen molar-refractivity contribution < 1.29 is 14.7 Å². The first kappa shape index (κ1) is 13.3. The molecule has 1 aliphatic rings. The maximum atomic E-state index is 11.9. The van der Waals surface area contributed by atoms with Gasteiger partial charge >= 0.3 is 5.97 Å². The molecular formula is C10H18N2O3S. The Morgan fingerprint density at radius 1 is 1.62 bits per heavy atom. The Bertz CT molecular complexity index is 273. The Kier molecular flexibility index (Phi) is 5.08. The summed E-state index contributed by atoms with van der Waals surface area (Å²) in [7, 11) is 0. The number of hydrogen-bond donors (Lipinski definition) is 2. The summed E-state index contributed by atoms with van der Waals surface area (Å²) in [5, 5.41) is 8.95. The number of hydrogen-bond acceptors (Lipinski definition) is 4. The van der Waals surface area contributed by atoms with Gasteiger partial charge in [0.2, 0.25) is 5.91 Å². The average molecular weight is 246 g/mol. The topological polar surface area (TPSA) is 83.6 Å². The third-order valence-corrected chi connectivity index (χ3v) is 3.42. The monoisotopic (exact) mass is 246 g/mol. The van der Waals surface area contributed by atoms with Gasteiger partial charge in [-0.3, -0.25) is 4.79 Å². The van der Waals surface area contributed by atoms with Crippen molar-refractivity contribution in [3.63, 3.8) is 0 Å². The summed E-state index contributed by atoms with van der Waals surface area (Å²) < 4.78 is 0. The molecule has 92 valence electrons. The van der Waals surface area contributed by atoms with Gasteiger partial charge in [-0.15, -0.1) is 0 Å². The number of carbonyl (C=O) groups is 2. The molecule has 0 aliphatic carbocycles. The van der Waals surface area contributed by atoms with Gasteiger partial charge in [0.05, 0.1) is 6.04 Å². The van der Waals surface area contributed by atoms with Crippen molar-refractivity contribution in [2.75, 3.05) is 18.6 Å². The maximum absolute atomic E-state index is 11.9. The first-order chi connectivity index (χ1) is 7.57. The molecule has 0 saturated carbocycles. The van der Waals surface area contributed by atoms with Crippen LogP contribution in [-0.2, 0) is 9.59 Å². The van der Waals surface area contributed by atoms with E-state index in [1.54, 1.807) is 11.8 Å². The fraction of sp³-hybridized carbons (Fsp3) is 0.800. The lowest BCUT2D eigenvalue weighted by atomic mass is 10.2. The highest BCUT2D eigenvalue weighted by Gasteiger charge is 2.35. The third kappa shape index (κ3) is 3.12. The molecule has 1 saturated heterocycles. The SMILES string of the molecule is CSCC[C@H](N)C(=O)N1CCCC1C(=O)O. The highest BCUT2D eigenvalue weighted by molar-refractivity contribution is 7.98. The van der Waals surface area contributed by atoms with E-state index in [4.69, 9.17) is 10.8 Å². The Hall–Kier alpha value is -0.750. The van der Waals surface area contributed by atoms with Gasteiger partial charge in [-0.05, 0) is 31.3 Å². The number of nitrogens with zero attached hydrogens (tertiary/aromatic N) is 1. The van der Waals surface area contributed by atoms with Gasteiger partial charge in [0, 0.05) is 6.54 Å². The predicted octanol–water partition coefficient (Wildman–Crippen LogP) is 0.142. The highest BCUT2D eigenvalue weighted by Crippen LogP contribution is 2.18. The van der Waals surface area contributed by atoms with Gasteiger partial charge < -0.3 is 15.7 Å². The normalized spacial score (nSPS) is 22.1. The van der Waals surface area contributed by atoms with E-state index in [0.717, 1.165) is 12.2 Å². The smallest absolute Gasteiger partial charge is 0.326 e. The zero-order valence-corrected chi connectivity index (χ0v) is 10.2. The van der Waals surface area contributed by atoms with E-state index in [1.807, 2.05) is 6.26 Å². The summed E-state index contributed by atoms with van der Waals surface area (Å²) in [6.45, 7) is 0.517. The average Bonchev–Trinajstić information content (AvgIpc) is 2.73. The number of rotatable bonds is 5. The molecule has 5 nitrogen and oxygen atoms in total. The minimum absolute atomic E-state index is 0.223. The van der Waals surface area contributed by atoms with Gasteiger partial charge in [0.25, 0.3) is 0 Å². The molecule has 3 N–H and O–H groups in total. The number of carboxylic acids is 1. The number of carbonyl (C=O) groups excluding carboxylic acids is 1. The largest absolute Gasteiger partial charge is 0.480 e. The van der Waals surface area contributed by atoms with E-state index < -0.39 is 18.1 Å². The molecule has 16 heavy (non-hydrogen) atoms. The molecule has 1 aliphatic heterocycles. The van der Waals surface area contributed by atoms with Crippen molar-refractivity contribution in [1.82, 2.24) is 4.90 Å². The molecule has 6 heteroatoms. The fourth-order valence-electron chi connectivity index (χ4n) is 1.87. The van der Waals surface area contributed by atoms with Crippen molar-refractivity contribution >= 4 is 23.6 Å². The lowest BCUT2D eigenvalue weighted by molar-refractivity contribution is -0.148. The maximum Gasteiger partial charge on any atom is 0.326 e. The Morgan fingerprint density at radius 2 is 2.31 bits per heavy atom. The first-order valence-electron chi connectivity index (χ1n) is 5.35. The van der Waals surface area contributed by atoms with Gasteiger partial charge in [-0.1, -0.05) is 0 Å². The minimum Gasteiger partial charge on any atom is -0.480 e. The van der Waals surface area contributed by atoms with Crippen molar-refractivity contribution in [2.45, 2.75) is 31.3 Å². The van der Waals surface area contributed by atoms with E-state index in [2.05, 4.69) is 0 Å². The minimum atomic E-state index is -0.928. The molecule has 2 atom stereocenters. The van der Waals surface area contributed by atoms with Crippen LogP contribution in [0, 0.1) is 0 Å². The van der Waals surface area contributed by atoms with Gasteiger partial charge in [0.15, 0.2) is 0 Å². The molecule has 1 amide bonds. The highest BCUT2D eigenvalue weighted by atomic mass is 32.2. The van der Waals surface area contributed by atoms with Gasteiger partial charge in [-0.25, -0.2) is 4.79 Å². The Morgan fingerprint density at radius 3 is 2.88 bits per heavy atom. The molecule has 0 aromatic carbocycles. The number of amides is 1. The molecule has 1 unspecified atom stereocenters. The summed E-state index contributed by atoms with van der Waals surface area (Å²) in [6.07, 6.45) is 3.84.